The average Bonchev–Trinajstić information content (AvgIpc) is 2.91. The van der Waals surface area contributed by atoms with Gasteiger partial charge in [0.25, 0.3) is 11.8 Å². The first-order valence-electron chi connectivity index (χ1n) is 12.0. The van der Waals surface area contributed by atoms with Gasteiger partial charge >= 0.3 is 6.03 Å². The molecule has 9 nitrogen and oxygen atoms in total. The second kappa shape index (κ2) is 11.9. The number of nitrogens with one attached hydrogen (secondary N) is 1. The second-order valence-corrected chi connectivity index (χ2v) is 9.04. The van der Waals surface area contributed by atoms with Gasteiger partial charge in [0.2, 0.25) is 0 Å². The number of benzene rings is 3. The minimum Gasteiger partial charge on any atom is -0.497 e. The molecule has 4 rings (SSSR count). The van der Waals surface area contributed by atoms with E-state index in [1.165, 1.54) is 31.9 Å². The Hall–Kier alpha value is -4.50. The molecule has 1 heterocycles. The van der Waals surface area contributed by atoms with Crippen LogP contribution in [0.2, 0.25) is 5.02 Å². The predicted molar refractivity (Wildman–Crippen MR) is 147 cm³/mol. The van der Waals surface area contributed by atoms with E-state index in [0.717, 1.165) is 16.2 Å². The summed E-state index contributed by atoms with van der Waals surface area (Å²) in [5, 5.41) is 2.40. The number of nitrogens with zero attached hydrogens (tertiary/aromatic N) is 1. The molecule has 0 unspecified atom stereocenters. The number of anilines is 1. The molecule has 1 saturated heterocycles. The van der Waals surface area contributed by atoms with Gasteiger partial charge in [-0.25, -0.2) is 9.69 Å². The topological polar surface area (TPSA) is 103 Å². The van der Waals surface area contributed by atoms with E-state index in [-0.39, 0.29) is 29.5 Å². The molecule has 3 aromatic carbocycles. The highest BCUT2D eigenvalue weighted by molar-refractivity contribution is 6.39. The zero-order valence-electron chi connectivity index (χ0n) is 21.9. The first-order chi connectivity index (χ1) is 18.7. The monoisotopic (exact) mass is 550 g/mol. The molecule has 0 aromatic heterocycles. The van der Waals surface area contributed by atoms with Crippen molar-refractivity contribution >= 4 is 41.2 Å². The van der Waals surface area contributed by atoms with Crippen LogP contribution in [0.3, 0.4) is 0 Å². The quantitative estimate of drug-likeness (QED) is 0.225. The molecule has 3 aromatic rings. The number of rotatable bonds is 9. The van der Waals surface area contributed by atoms with Crippen LogP contribution in [0.1, 0.15) is 16.7 Å². The lowest BCUT2D eigenvalue weighted by atomic mass is 10.1. The van der Waals surface area contributed by atoms with E-state index in [0.29, 0.717) is 22.8 Å². The third kappa shape index (κ3) is 6.15. The number of hydrogen-bond acceptors (Lipinski definition) is 7. The Morgan fingerprint density at radius 1 is 0.846 bits per heavy atom. The van der Waals surface area contributed by atoms with E-state index < -0.39 is 17.8 Å². The number of carbonyl (C=O) groups excluding carboxylic acids is 3. The Morgan fingerprint density at radius 2 is 1.54 bits per heavy atom. The Labute approximate surface area is 230 Å². The number of ether oxygens (including phenoxy) is 4. The van der Waals surface area contributed by atoms with E-state index in [1.807, 2.05) is 32.0 Å². The first-order valence-corrected chi connectivity index (χ1v) is 12.4. The van der Waals surface area contributed by atoms with Crippen molar-refractivity contribution in [2.24, 2.45) is 0 Å². The third-order valence-electron chi connectivity index (χ3n) is 6.07. The summed E-state index contributed by atoms with van der Waals surface area (Å²) in [5.41, 5.74) is 2.73. The number of urea groups is 1. The second-order valence-electron chi connectivity index (χ2n) is 8.63. The first kappa shape index (κ1) is 27.5. The van der Waals surface area contributed by atoms with E-state index >= 15 is 0 Å². The largest absolute Gasteiger partial charge is 0.497 e. The van der Waals surface area contributed by atoms with Crippen molar-refractivity contribution in [3.05, 3.63) is 81.9 Å². The summed E-state index contributed by atoms with van der Waals surface area (Å²) in [4.78, 5) is 39.1. The maximum Gasteiger partial charge on any atom is 0.335 e. The summed E-state index contributed by atoms with van der Waals surface area (Å²) in [6.07, 6.45) is 1.33. The minimum absolute atomic E-state index is 0.198. The number of carbonyl (C=O) groups is 3. The number of hydrogen-bond donors (Lipinski definition) is 1. The number of aryl methyl sites for hydroxylation is 2. The number of amides is 4. The molecule has 0 spiro atoms. The molecule has 1 N–H and O–H groups in total. The number of halogens is 1. The molecule has 0 aliphatic carbocycles. The molecule has 0 radical (unpaired) electrons. The van der Waals surface area contributed by atoms with Crippen molar-refractivity contribution < 1.29 is 33.3 Å². The summed E-state index contributed by atoms with van der Waals surface area (Å²) < 4.78 is 22.1. The Balaban J connectivity index is 1.51. The standard InChI is InChI=1S/C29H27ClN2O7/c1-17-5-8-22(13-18(17)2)38-11-12-39-26-24(30)15-19(16-25(26)37-4)14-23-27(33)31-29(35)32(28(23)34)20-6-9-21(36-3)10-7-20/h5-10,13-16H,11-12H2,1-4H3,(H,31,33,35)/b23-14-. The summed E-state index contributed by atoms with van der Waals surface area (Å²) in [6.45, 7) is 4.52. The van der Waals surface area contributed by atoms with Gasteiger partial charge in [-0.05, 0) is 85.1 Å². The fourth-order valence-corrected chi connectivity index (χ4v) is 4.13. The molecule has 39 heavy (non-hydrogen) atoms. The maximum absolute atomic E-state index is 13.2. The van der Waals surface area contributed by atoms with E-state index in [9.17, 15) is 14.4 Å². The van der Waals surface area contributed by atoms with Gasteiger partial charge in [0.15, 0.2) is 11.5 Å². The van der Waals surface area contributed by atoms with Gasteiger partial charge in [0, 0.05) is 0 Å². The lowest BCUT2D eigenvalue weighted by Crippen LogP contribution is -2.54. The highest BCUT2D eigenvalue weighted by atomic mass is 35.5. The van der Waals surface area contributed by atoms with Gasteiger partial charge in [-0.1, -0.05) is 17.7 Å². The maximum atomic E-state index is 13.2. The van der Waals surface area contributed by atoms with Crippen molar-refractivity contribution in [2.45, 2.75) is 13.8 Å². The van der Waals surface area contributed by atoms with Crippen LogP contribution in [0.4, 0.5) is 10.5 Å². The normalized spacial score (nSPS) is 14.3. The third-order valence-corrected chi connectivity index (χ3v) is 6.35. The van der Waals surface area contributed by atoms with Crippen LogP contribution in [0.15, 0.2) is 60.2 Å². The molecule has 1 aliphatic rings. The van der Waals surface area contributed by atoms with Crippen LogP contribution in [0.5, 0.6) is 23.0 Å². The number of methoxy groups -OCH3 is 2. The van der Waals surface area contributed by atoms with Crippen LogP contribution >= 0.6 is 11.6 Å². The van der Waals surface area contributed by atoms with Crippen LogP contribution in [-0.4, -0.2) is 45.3 Å². The smallest absolute Gasteiger partial charge is 0.335 e. The van der Waals surface area contributed by atoms with Gasteiger partial charge in [-0.3, -0.25) is 14.9 Å². The van der Waals surface area contributed by atoms with Crippen molar-refractivity contribution in [2.75, 3.05) is 32.3 Å². The van der Waals surface area contributed by atoms with Gasteiger partial charge in [0.05, 0.1) is 24.9 Å². The molecular weight excluding hydrogens is 524 g/mol. The van der Waals surface area contributed by atoms with Crippen LogP contribution in [0, 0.1) is 13.8 Å². The molecule has 0 bridgehead atoms. The fraction of sp³-hybridized carbons (Fsp3) is 0.207. The SMILES string of the molecule is COc1ccc(N2C(=O)NC(=O)/C(=C/c3cc(Cl)c(OCCOc4ccc(C)c(C)c4)c(OC)c3)C2=O)cc1. The molecule has 10 heteroatoms. The summed E-state index contributed by atoms with van der Waals surface area (Å²) in [7, 11) is 2.95. The predicted octanol–water partition coefficient (Wildman–Crippen LogP) is 5.10. The van der Waals surface area contributed by atoms with E-state index in [4.69, 9.17) is 30.5 Å². The van der Waals surface area contributed by atoms with Crippen molar-refractivity contribution in [1.82, 2.24) is 5.32 Å². The summed E-state index contributed by atoms with van der Waals surface area (Å²) in [5.74, 6) is 0.267. The van der Waals surface area contributed by atoms with Gasteiger partial charge in [-0.2, -0.15) is 0 Å². The van der Waals surface area contributed by atoms with Crippen LogP contribution in [-0.2, 0) is 9.59 Å². The van der Waals surface area contributed by atoms with E-state index in [1.54, 1.807) is 30.3 Å². The Kier molecular flexibility index (Phi) is 8.41. The average molecular weight is 551 g/mol. The Morgan fingerprint density at radius 3 is 2.21 bits per heavy atom. The summed E-state index contributed by atoms with van der Waals surface area (Å²) >= 11 is 6.48. The van der Waals surface area contributed by atoms with Crippen molar-refractivity contribution in [3.63, 3.8) is 0 Å². The Bertz CT molecular complexity index is 1450. The van der Waals surface area contributed by atoms with Crippen LogP contribution in [0.25, 0.3) is 6.08 Å². The lowest BCUT2D eigenvalue weighted by Gasteiger charge is -2.26. The van der Waals surface area contributed by atoms with Crippen LogP contribution < -0.4 is 29.2 Å². The van der Waals surface area contributed by atoms with Crippen molar-refractivity contribution in [1.29, 1.82) is 0 Å². The zero-order valence-corrected chi connectivity index (χ0v) is 22.6. The minimum atomic E-state index is -0.852. The van der Waals surface area contributed by atoms with Gasteiger partial charge in [-0.15, -0.1) is 0 Å². The highest BCUT2D eigenvalue weighted by Gasteiger charge is 2.37. The molecule has 0 saturated carbocycles. The molecule has 1 fully saturated rings. The molecule has 1 aliphatic heterocycles. The summed E-state index contributed by atoms with van der Waals surface area (Å²) in [6, 6.07) is 14.4. The van der Waals surface area contributed by atoms with Crippen molar-refractivity contribution in [3.8, 4) is 23.0 Å². The van der Waals surface area contributed by atoms with E-state index in [2.05, 4.69) is 5.32 Å². The molecule has 4 amide bonds. The van der Waals surface area contributed by atoms with Gasteiger partial charge < -0.3 is 18.9 Å². The number of imide groups is 2. The highest BCUT2D eigenvalue weighted by Crippen LogP contribution is 2.37. The molecular formula is C29H27ClN2O7. The lowest BCUT2D eigenvalue weighted by molar-refractivity contribution is -0.122. The number of barbiturate groups is 1. The zero-order chi connectivity index (χ0) is 28.1. The molecule has 0 atom stereocenters. The van der Waals surface area contributed by atoms with Gasteiger partial charge in [0.1, 0.15) is 30.3 Å². The molecule has 202 valence electrons. The fourth-order valence-electron chi connectivity index (χ4n) is 3.86.